The Balaban J connectivity index is 2.95. The number of carbonyl (C=O) groups is 2. The van der Waals surface area contributed by atoms with Crippen LogP contribution >= 0.6 is 0 Å². The van der Waals surface area contributed by atoms with Crippen molar-refractivity contribution in [3.8, 4) is 0 Å². The number of likely N-dealkylation sites (tertiary alicyclic amines) is 1. The first-order valence-corrected chi connectivity index (χ1v) is 6.03. The van der Waals surface area contributed by atoms with E-state index >= 15 is 0 Å². The maximum Gasteiger partial charge on any atom is 0.328 e. The van der Waals surface area contributed by atoms with Crippen LogP contribution in [0.25, 0.3) is 10.4 Å². The summed E-state index contributed by atoms with van der Waals surface area (Å²) in [4.78, 5) is 27.8. The SMILES string of the molecule is COC(=O)[C@H]1C[C@@H](O)CN1C(=O)[C@@H](N=[N+]=[N-])C(C)C. The summed E-state index contributed by atoms with van der Waals surface area (Å²) in [5.41, 5.74) is 8.50. The second kappa shape index (κ2) is 6.40. The molecule has 1 heterocycles. The van der Waals surface area contributed by atoms with E-state index in [0.717, 1.165) is 0 Å². The fourth-order valence-electron chi connectivity index (χ4n) is 2.11. The molecule has 0 spiro atoms. The van der Waals surface area contributed by atoms with Gasteiger partial charge in [-0.15, -0.1) is 0 Å². The van der Waals surface area contributed by atoms with Crippen molar-refractivity contribution in [2.45, 2.75) is 38.5 Å². The minimum Gasteiger partial charge on any atom is -0.467 e. The zero-order valence-corrected chi connectivity index (χ0v) is 11.2. The summed E-state index contributed by atoms with van der Waals surface area (Å²) in [6, 6.07) is -1.70. The van der Waals surface area contributed by atoms with E-state index in [1.54, 1.807) is 13.8 Å². The molecule has 0 aromatic rings. The Morgan fingerprint density at radius 1 is 1.53 bits per heavy atom. The number of aliphatic hydroxyl groups is 1. The molecule has 0 bridgehead atoms. The summed E-state index contributed by atoms with van der Waals surface area (Å²) in [6.45, 7) is 3.54. The first-order chi connectivity index (χ1) is 8.92. The van der Waals surface area contributed by atoms with Gasteiger partial charge in [0, 0.05) is 17.9 Å². The van der Waals surface area contributed by atoms with Crippen LogP contribution < -0.4 is 0 Å². The van der Waals surface area contributed by atoms with Crippen LogP contribution in [0.3, 0.4) is 0 Å². The maximum absolute atomic E-state index is 12.3. The van der Waals surface area contributed by atoms with Gasteiger partial charge in [-0.1, -0.05) is 19.0 Å². The van der Waals surface area contributed by atoms with Crippen LogP contribution in [0.4, 0.5) is 0 Å². The quantitative estimate of drug-likeness (QED) is 0.345. The lowest BCUT2D eigenvalue weighted by molar-refractivity contribution is -0.151. The molecular weight excluding hydrogens is 252 g/mol. The highest BCUT2D eigenvalue weighted by molar-refractivity contribution is 5.88. The van der Waals surface area contributed by atoms with Gasteiger partial charge in [0.1, 0.15) is 12.1 Å². The number of esters is 1. The first kappa shape index (κ1) is 15.3. The Hall–Kier alpha value is -1.79. The molecule has 1 fully saturated rings. The number of carbonyl (C=O) groups excluding carboxylic acids is 2. The minimum atomic E-state index is -0.887. The molecule has 0 saturated carbocycles. The van der Waals surface area contributed by atoms with Gasteiger partial charge in [0.25, 0.3) is 0 Å². The Morgan fingerprint density at radius 3 is 2.63 bits per heavy atom. The van der Waals surface area contributed by atoms with E-state index in [1.165, 1.54) is 12.0 Å². The highest BCUT2D eigenvalue weighted by Gasteiger charge is 2.42. The molecule has 106 valence electrons. The lowest BCUT2D eigenvalue weighted by atomic mass is 10.0. The fraction of sp³-hybridized carbons (Fsp3) is 0.818. The number of amides is 1. The summed E-state index contributed by atoms with van der Waals surface area (Å²) >= 11 is 0. The largest absolute Gasteiger partial charge is 0.467 e. The van der Waals surface area contributed by atoms with E-state index in [2.05, 4.69) is 14.8 Å². The number of nitrogens with zero attached hydrogens (tertiary/aromatic N) is 4. The summed E-state index contributed by atoms with van der Waals surface area (Å²) in [5.74, 6) is -1.23. The molecule has 0 aliphatic carbocycles. The predicted octanol–water partition coefficient (Wildman–Crippen LogP) is 0.456. The van der Waals surface area contributed by atoms with E-state index in [9.17, 15) is 14.7 Å². The average molecular weight is 270 g/mol. The molecule has 1 aliphatic rings. The Kier molecular flexibility index (Phi) is 5.14. The van der Waals surface area contributed by atoms with Crippen molar-refractivity contribution in [3.63, 3.8) is 0 Å². The van der Waals surface area contributed by atoms with Gasteiger partial charge in [0.05, 0.1) is 13.2 Å². The zero-order valence-electron chi connectivity index (χ0n) is 11.2. The van der Waals surface area contributed by atoms with Crippen molar-refractivity contribution >= 4 is 11.9 Å². The molecule has 1 aliphatic heterocycles. The van der Waals surface area contributed by atoms with Gasteiger partial charge in [-0.3, -0.25) is 4.79 Å². The number of hydrogen-bond acceptors (Lipinski definition) is 5. The Bertz CT molecular complexity index is 405. The Morgan fingerprint density at radius 2 is 2.16 bits per heavy atom. The summed E-state index contributed by atoms with van der Waals surface area (Å²) in [7, 11) is 1.23. The zero-order chi connectivity index (χ0) is 14.6. The number of azide groups is 1. The minimum absolute atomic E-state index is 0.0444. The monoisotopic (exact) mass is 270 g/mol. The lowest BCUT2D eigenvalue weighted by Crippen LogP contribution is -2.46. The summed E-state index contributed by atoms with van der Waals surface area (Å²) < 4.78 is 4.62. The molecule has 3 atom stereocenters. The van der Waals surface area contributed by atoms with Gasteiger partial charge < -0.3 is 14.7 Å². The molecule has 0 unspecified atom stereocenters. The van der Waals surface area contributed by atoms with Gasteiger partial charge in [0.2, 0.25) is 5.91 Å². The molecule has 1 amide bonds. The molecule has 0 aromatic heterocycles. The van der Waals surface area contributed by atoms with Crippen molar-refractivity contribution in [2.24, 2.45) is 11.0 Å². The van der Waals surface area contributed by atoms with Gasteiger partial charge in [0.15, 0.2) is 0 Å². The van der Waals surface area contributed by atoms with Crippen molar-refractivity contribution in [1.82, 2.24) is 4.90 Å². The number of ether oxygens (including phenoxy) is 1. The molecule has 1 N–H and O–H groups in total. The fourth-order valence-corrected chi connectivity index (χ4v) is 2.11. The van der Waals surface area contributed by atoms with Crippen LogP contribution in [-0.4, -0.2) is 53.7 Å². The number of β-amino-alcohol motifs (C(OH)–C–C–N with tert-alkyl or cyclic N) is 1. The van der Waals surface area contributed by atoms with Crippen molar-refractivity contribution in [2.75, 3.05) is 13.7 Å². The van der Waals surface area contributed by atoms with Crippen molar-refractivity contribution < 1.29 is 19.4 Å². The summed E-state index contributed by atoms with van der Waals surface area (Å²) in [6.07, 6.45) is -0.633. The molecule has 0 radical (unpaired) electrons. The molecule has 8 nitrogen and oxygen atoms in total. The normalized spacial score (nSPS) is 23.9. The third-order valence-corrected chi connectivity index (χ3v) is 3.10. The van der Waals surface area contributed by atoms with Crippen LogP contribution in [-0.2, 0) is 14.3 Å². The number of aliphatic hydroxyl groups excluding tert-OH is 1. The number of hydrogen-bond donors (Lipinski definition) is 1. The average Bonchev–Trinajstić information content (AvgIpc) is 2.76. The van der Waals surface area contributed by atoms with Crippen LogP contribution in [0.1, 0.15) is 20.3 Å². The topological polar surface area (TPSA) is 116 Å². The van der Waals surface area contributed by atoms with E-state index in [0.29, 0.717) is 0 Å². The molecular formula is C11H18N4O4. The number of methoxy groups -OCH3 is 1. The van der Waals surface area contributed by atoms with Crippen molar-refractivity contribution in [1.29, 1.82) is 0 Å². The standard InChI is InChI=1S/C11H18N4O4/c1-6(2)9(13-14-12)10(17)15-5-7(16)4-8(15)11(18)19-3/h6-9,16H,4-5H2,1-3H3/t7-,8-,9+/m1/s1. The van der Waals surface area contributed by atoms with Gasteiger partial charge >= 0.3 is 5.97 Å². The molecule has 1 rings (SSSR count). The van der Waals surface area contributed by atoms with Gasteiger partial charge in [-0.25, -0.2) is 4.79 Å². The third kappa shape index (κ3) is 3.36. The molecule has 19 heavy (non-hydrogen) atoms. The van der Waals surface area contributed by atoms with Gasteiger partial charge in [-0.05, 0) is 11.4 Å². The number of rotatable bonds is 4. The third-order valence-electron chi connectivity index (χ3n) is 3.10. The smallest absolute Gasteiger partial charge is 0.328 e. The van der Waals surface area contributed by atoms with E-state index in [-0.39, 0.29) is 18.9 Å². The van der Waals surface area contributed by atoms with E-state index in [1.807, 2.05) is 0 Å². The molecule has 1 saturated heterocycles. The lowest BCUT2D eigenvalue weighted by Gasteiger charge is -2.26. The van der Waals surface area contributed by atoms with E-state index in [4.69, 9.17) is 5.53 Å². The first-order valence-electron chi connectivity index (χ1n) is 6.03. The second-order valence-electron chi connectivity index (χ2n) is 4.81. The highest BCUT2D eigenvalue weighted by atomic mass is 16.5. The molecule has 8 heteroatoms. The van der Waals surface area contributed by atoms with Gasteiger partial charge in [-0.2, -0.15) is 0 Å². The summed E-state index contributed by atoms with van der Waals surface area (Å²) in [5, 5.41) is 13.1. The second-order valence-corrected chi connectivity index (χ2v) is 4.81. The Labute approximate surface area is 111 Å². The van der Waals surface area contributed by atoms with E-state index < -0.39 is 30.1 Å². The van der Waals surface area contributed by atoms with Crippen molar-refractivity contribution in [3.05, 3.63) is 10.4 Å². The van der Waals surface area contributed by atoms with Crippen LogP contribution in [0.5, 0.6) is 0 Å². The van der Waals surface area contributed by atoms with Crippen LogP contribution in [0, 0.1) is 5.92 Å². The predicted molar refractivity (Wildman–Crippen MR) is 65.9 cm³/mol. The molecule has 0 aromatic carbocycles. The van der Waals surface area contributed by atoms with Crippen LogP contribution in [0.2, 0.25) is 0 Å². The highest BCUT2D eigenvalue weighted by Crippen LogP contribution is 2.22. The maximum atomic E-state index is 12.3. The van der Waals surface area contributed by atoms with Crippen LogP contribution in [0.15, 0.2) is 5.11 Å².